The zero-order chi connectivity index (χ0) is 26.2. The lowest BCUT2D eigenvalue weighted by atomic mass is 9.79. The SMILES string of the molecule is CCCN1c2cc(Cl)c(/C=C3/SC(=Nc4ccccc4)N(c4ccccc4)C3=O)cc2C(C)CC1(C)C. The van der Waals surface area contributed by atoms with Crippen LogP contribution in [0.5, 0.6) is 0 Å². The van der Waals surface area contributed by atoms with Gasteiger partial charge in [0.25, 0.3) is 5.91 Å². The van der Waals surface area contributed by atoms with Gasteiger partial charge in [0.15, 0.2) is 5.17 Å². The molecule has 1 atom stereocenters. The molecule has 0 N–H and O–H groups in total. The van der Waals surface area contributed by atoms with E-state index in [1.165, 1.54) is 23.0 Å². The van der Waals surface area contributed by atoms with Crippen LogP contribution in [0.25, 0.3) is 6.08 Å². The van der Waals surface area contributed by atoms with Gasteiger partial charge in [0, 0.05) is 22.8 Å². The van der Waals surface area contributed by atoms with E-state index >= 15 is 0 Å². The van der Waals surface area contributed by atoms with E-state index in [1.54, 1.807) is 4.90 Å². The highest BCUT2D eigenvalue weighted by Gasteiger charge is 2.37. The van der Waals surface area contributed by atoms with Gasteiger partial charge in [-0.1, -0.05) is 61.8 Å². The summed E-state index contributed by atoms with van der Waals surface area (Å²) in [6, 6.07) is 23.7. The molecule has 2 aliphatic heterocycles. The zero-order valence-corrected chi connectivity index (χ0v) is 23.3. The van der Waals surface area contributed by atoms with E-state index < -0.39 is 0 Å². The van der Waals surface area contributed by atoms with Crippen molar-refractivity contribution >= 4 is 57.6 Å². The number of amidine groups is 1. The minimum atomic E-state index is -0.0959. The number of amides is 1. The number of carbonyl (C=O) groups excluding carboxylic acids is 1. The number of benzene rings is 3. The third kappa shape index (κ3) is 5.07. The molecular weight excluding hydrogens is 498 g/mol. The summed E-state index contributed by atoms with van der Waals surface area (Å²) in [7, 11) is 0. The van der Waals surface area contributed by atoms with Crippen LogP contribution >= 0.6 is 23.4 Å². The molecule has 0 aromatic heterocycles. The van der Waals surface area contributed by atoms with Crippen LogP contribution in [0, 0.1) is 0 Å². The third-order valence-electron chi connectivity index (χ3n) is 7.04. The van der Waals surface area contributed by atoms with Crippen molar-refractivity contribution in [2.45, 2.75) is 52.0 Å². The normalized spacial score (nSPS) is 21.1. The summed E-state index contributed by atoms with van der Waals surface area (Å²) < 4.78 is 0. The van der Waals surface area contributed by atoms with Crippen molar-refractivity contribution in [3.05, 3.63) is 93.9 Å². The van der Waals surface area contributed by atoms with Gasteiger partial charge in [-0.3, -0.25) is 9.69 Å². The van der Waals surface area contributed by atoms with Gasteiger partial charge in [0.2, 0.25) is 0 Å². The van der Waals surface area contributed by atoms with Gasteiger partial charge in [-0.15, -0.1) is 0 Å². The third-order valence-corrected chi connectivity index (χ3v) is 8.34. The number of halogens is 1. The van der Waals surface area contributed by atoms with Gasteiger partial charge in [-0.05, 0) is 98.0 Å². The Kier molecular flexibility index (Phi) is 7.19. The first-order valence-electron chi connectivity index (χ1n) is 12.8. The zero-order valence-electron chi connectivity index (χ0n) is 21.7. The summed E-state index contributed by atoms with van der Waals surface area (Å²) >= 11 is 8.26. The molecule has 2 aliphatic rings. The molecule has 3 aromatic rings. The number of hydrogen-bond donors (Lipinski definition) is 0. The lowest BCUT2D eigenvalue weighted by Gasteiger charge is -2.47. The van der Waals surface area contributed by atoms with Crippen LogP contribution in [0.2, 0.25) is 5.02 Å². The second-order valence-corrected chi connectivity index (χ2v) is 11.7. The number of hydrogen-bond acceptors (Lipinski definition) is 4. The van der Waals surface area contributed by atoms with E-state index in [-0.39, 0.29) is 11.4 Å². The molecule has 0 spiro atoms. The predicted molar refractivity (Wildman–Crippen MR) is 159 cm³/mol. The van der Waals surface area contributed by atoms with E-state index in [9.17, 15) is 4.79 Å². The largest absolute Gasteiger partial charge is 0.366 e. The van der Waals surface area contributed by atoms with Crippen molar-refractivity contribution in [2.75, 3.05) is 16.3 Å². The maximum atomic E-state index is 13.7. The number of fused-ring (bicyclic) bond motifs is 1. The molecule has 2 heterocycles. The molecular formula is C31H32ClN3OS. The first kappa shape index (κ1) is 25.6. The van der Waals surface area contributed by atoms with Crippen LogP contribution in [0.3, 0.4) is 0 Å². The molecule has 5 rings (SSSR count). The number of aliphatic imine (C=N–C) groups is 1. The number of thioether (sulfide) groups is 1. The number of carbonyl (C=O) groups is 1. The maximum Gasteiger partial charge on any atom is 0.271 e. The number of para-hydroxylation sites is 2. The average molecular weight is 530 g/mol. The Morgan fingerprint density at radius 1 is 1.08 bits per heavy atom. The molecule has 0 radical (unpaired) electrons. The minimum absolute atomic E-state index is 0.0714. The lowest BCUT2D eigenvalue weighted by molar-refractivity contribution is -0.113. The molecule has 190 valence electrons. The number of anilines is 2. The second-order valence-electron chi connectivity index (χ2n) is 10.3. The summed E-state index contributed by atoms with van der Waals surface area (Å²) in [6.07, 6.45) is 4.07. The van der Waals surface area contributed by atoms with Crippen molar-refractivity contribution in [1.29, 1.82) is 0 Å². The Balaban J connectivity index is 1.57. The number of nitrogens with zero attached hydrogens (tertiary/aromatic N) is 3. The van der Waals surface area contributed by atoms with E-state index in [2.05, 4.69) is 44.7 Å². The Labute approximate surface area is 229 Å². The van der Waals surface area contributed by atoms with Gasteiger partial charge in [-0.25, -0.2) is 4.99 Å². The topological polar surface area (TPSA) is 35.9 Å². The Morgan fingerprint density at radius 3 is 2.43 bits per heavy atom. The molecule has 1 unspecified atom stereocenters. The minimum Gasteiger partial charge on any atom is -0.366 e. The van der Waals surface area contributed by atoms with Crippen molar-refractivity contribution in [3.63, 3.8) is 0 Å². The molecule has 1 saturated heterocycles. The fourth-order valence-corrected chi connectivity index (χ4v) is 6.59. The fourth-order valence-electron chi connectivity index (χ4n) is 5.39. The summed E-state index contributed by atoms with van der Waals surface area (Å²) in [5.74, 6) is 0.303. The summed E-state index contributed by atoms with van der Waals surface area (Å²) in [4.78, 5) is 23.3. The highest BCUT2D eigenvalue weighted by atomic mass is 35.5. The van der Waals surface area contributed by atoms with Crippen LogP contribution in [-0.4, -0.2) is 23.2 Å². The summed E-state index contributed by atoms with van der Waals surface area (Å²) in [6.45, 7) is 10.1. The van der Waals surface area contributed by atoms with Crippen LogP contribution < -0.4 is 9.80 Å². The van der Waals surface area contributed by atoms with Gasteiger partial charge in [-0.2, -0.15) is 0 Å². The van der Waals surface area contributed by atoms with E-state index in [0.29, 0.717) is 21.0 Å². The molecule has 0 aliphatic carbocycles. The van der Waals surface area contributed by atoms with Gasteiger partial charge in [0.05, 0.1) is 16.3 Å². The summed E-state index contributed by atoms with van der Waals surface area (Å²) in [5.41, 5.74) is 5.04. The van der Waals surface area contributed by atoms with E-state index in [0.717, 1.165) is 36.3 Å². The van der Waals surface area contributed by atoms with Crippen LogP contribution in [0.15, 0.2) is 82.7 Å². The van der Waals surface area contributed by atoms with Crippen molar-refractivity contribution in [3.8, 4) is 0 Å². The fraction of sp³-hybridized carbons (Fsp3) is 0.290. The highest BCUT2D eigenvalue weighted by molar-refractivity contribution is 8.19. The quantitative estimate of drug-likeness (QED) is 0.310. The highest BCUT2D eigenvalue weighted by Crippen LogP contribution is 2.46. The Hall–Kier alpha value is -3.02. The first-order chi connectivity index (χ1) is 17.8. The number of rotatable bonds is 5. The Morgan fingerprint density at radius 2 is 1.76 bits per heavy atom. The van der Waals surface area contributed by atoms with Gasteiger partial charge >= 0.3 is 0 Å². The smallest absolute Gasteiger partial charge is 0.271 e. The molecule has 1 fully saturated rings. The lowest BCUT2D eigenvalue weighted by Crippen LogP contribution is -2.48. The van der Waals surface area contributed by atoms with Crippen molar-refractivity contribution in [1.82, 2.24) is 0 Å². The van der Waals surface area contributed by atoms with E-state index in [4.69, 9.17) is 16.6 Å². The van der Waals surface area contributed by atoms with Crippen LogP contribution in [0.1, 0.15) is 57.6 Å². The molecule has 0 saturated carbocycles. The van der Waals surface area contributed by atoms with Crippen molar-refractivity contribution in [2.24, 2.45) is 4.99 Å². The van der Waals surface area contributed by atoms with E-state index in [1.807, 2.05) is 66.7 Å². The molecule has 1 amide bonds. The van der Waals surface area contributed by atoms with Crippen LogP contribution in [-0.2, 0) is 4.79 Å². The monoisotopic (exact) mass is 529 g/mol. The first-order valence-corrected chi connectivity index (χ1v) is 14.0. The molecule has 3 aromatic carbocycles. The molecule has 6 heteroatoms. The standard InChI is InChI=1S/C31H32ClN3OS/c1-5-16-34-27-19-26(32)22(17-25(27)21(2)20-31(34,3)4)18-28-29(36)35(24-14-10-7-11-15-24)30(37-28)33-23-12-8-6-9-13-23/h6-15,17-19,21H,5,16,20H2,1-4H3/b28-18+,33-30?. The molecule has 4 nitrogen and oxygen atoms in total. The van der Waals surface area contributed by atoms with Gasteiger partial charge < -0.3 is 4.90 Å². The Bertz CT molecular complexity index is 1370. The van der Waals surface area contributed by atoms with Crippen molar-refractivity contribution < 1.29 is 4.79 Å². The average Bonchev–Trinajstić information content (AvgIpc) is 3.17. The maximum absolute atomic E-state index is 13.7. The predicted octanol–water partition coefficient (Wildman–Crippen LogP) is 8.65. The van der Waals surface area contributed by atoms with Crippen LogP contribution in [0.4, 0.5) is 17.1 Å². The molecule has 37 heavy (non-hydrogen) atoms. The molecule has 0 bridgehead atoms. The second kappa shape index (κ2) is 10.4. The van der Waals surface area contributed by atoms with Gasteiger partial charge in [0.1, 0.15) is 0 Å². The summed E-state index contributed by atoms with van der Waals surface area (Å²) in [5, 5.41) is 1.29.